The lowest BCUT2D eigenvalue weighted by atomic mass is 10.2. The monoisotopic (exact) mass is 259 g/mol. The Hall–Kier alpha value is -2.17. The van der Waals surface area contributed by atoms with Crippen molar-refractivity contribution in [3.63, 3.8) is 0 Å². The number of anilines is 1. The van der Waals surface area contributed by atoms with Crippen LogP contribution in [0.2, 0.25) is 0 Å². The number of rotatable bonds is 5. The van der Waals surface area contributed by atoms with Crippen molar-refractivity contribution >= 4 is 22.8 Å². The van der Waals surface area contributed by atoms with E-state index in [-0.39, 0.29) is 6.54 Å². The predicted molar refractivity (Wildman–Crippen MR) is 74.2 cm³/mol. The van der Waals surface area contributed by atoms with Crippen LogP contribution in [0.4, 0.5) is 5.95 Å². The predicted octanol–water partition coefficient (Wildman–Crippen LogP) is 2.18. The number of aliphatic carboxylic acids is 1. The summed E-state index contributed by atoms with van der Waals surface area (Å²) in [6, 6.07) is 7.66. The molecule has 0 spiro atoms. The van der Waals surface area contributed by atoms with Crippen molar-refractivity contribution in [1.29, 1.82) is 0 Å². The summed E-state index contributed by atoms with van der Waals surface area (Å²) in [6.07, 6.45) is 1.73. The standard InChI is InChI=1S/C14H17N3O2/c1-10(2)8-17(9-13(18)19)14-15-7-11-5-3-4-6-12(11)16-14/h3-7,10H,8-9H2,1-2H3,(H,18,19). The average molecular weight is 259 g/mol. The lowest BCUT2D eigenvalue weighted by molar-refractivity contribution is -0.135. The van der Waals surface area contributed by atoms with Crippen LogP contribution < -0.4 is 4.90 Å². The van der Waals surface area contributed by atoms with Gasteiger partial charge >= 0.3 is 5.97 Å². The molecule has 19 heavy (non-hydrogen) atoms. The summed E-state index contributed by atoms with van der Waals surface area (Å²) in [5, 5.41) is 9.92. The van der Waals surface area contributed by atoms with Crippen LogP contribution in [0.15, 0.2) is 30.5 Å². The normalized spacial score (nSPS) is 10.9. The summed E-state index contributed by atoms with van der Waals surface area (Å²) in [6.45, 7) is 4.60. The number of carbonyl (C=O) groups is 1. The molecule has 0 fully saturated rings. The molecule has 5 heteroatoms. The SMILES string of the molecule is CC(C)CN(CC(=O)O)c1ncc2ccccc2n1. The Balaban J connectivity index is 2.34. The first-order valence-electron chi connectivity index (χ1n) is 6.25. The maximum atomic E-state index is 10.9. The Bertz CT molecular complexity index is 584. The first-order chi connectivity index (χ1) is 9.06. The van der Waals surface area contributed by atoms with Crippen molar-refractivity contribution in [2.24, 2.45) is 5.92 Å². The molecule has 0 saturated heterocycles. The van der Waals surface area contributed by atoms with Gasteiger partial charge in [-0.15, -0.1) is 0 Å². The van der Waals surface area contributed by atoms with Gasteiger partial charge in [-0.1, -0.05) is 32.0 Å². The molecule has 1 aromatic heterocycles. The molecule has 0 unspecified atom stereocenters. The fourth-order valence-corrected chi connectivity index (χ4v) is 1.94. The van der Waals surface area contributed by atoms with Gasteiger partial charge in [0.25, 0.3) is 0 Å². The Morgan fingerprint density at radius 2 is 2.11 bits per heavy atom. The van der Waals surface area contributed by atoms with Crippen LogP contribution >= 0.6 is 0 Å². The van der Waals surface area contributed by atoms with Crippen LogP contribution in [0.25, 0.3) is 10.9 Å². The van der Waals surface area contributed by atoms with Gasteiger partial charge in [0.05, 0.1) is 5.52 Å². The largest absolute Gasteiger partial charge is 0.480 e. The zero-order valence-corrected chi connectivity index (χ0v) is 11.1. The van der Waals surface area contributed by atoms with E-state index in [1.54, 1.807) is 11.1 Å². The van der Waals surface area contributed by atoms with Crippen molar-refractivity contribution in [2.75, 3.05) is 18.0 Å². The van der Waals surface area contributed by atoms with E-state index in [4.69, 9.17) is 5.11 Å². The van der Waals surface area contributed by atoms with Crippen LogP contribution in [0.3, 0.4) is 0 Å². The summed E-state index contributed by atoms with van der Waals surface area (Å²) < 4.78 is 0. The number of fused-ring (bicyclic) bond motifs is 1. The minimum atomic E-state index is -0.877. The number of benzene rings is 1. The van der Waals surface area contributed by atoms with Gasteiger partial charge in [-0.3, -0.25) is 4.79 Å². The first-order valence-corrected chi connectivity index (χ1v) is 6.25. The number of carboxylic acid groups (broad SMARTS) is 1. The summed E-state index contributed by atoms with van der Waals surface area (Å²) in [5.74, 6) is -0.0679. The number of carboxylic acids is 1. The molecule has 0 atom stereocenters. The van der Waals surface area contributed by atoms with Gasteiger partial charge in [0, 0.05) is 18.1 Å². The highest BCUT2D eigenvalue weighted by atomic mass is 16.4. The highest BCUT2D eigenvalue weighted by molar-refractivity contribution is 5.79. The van der Waals surface area contributed by atoms with E-state index in [9.17, 15) is 4.79 Å². The number of para-hydroxylation sites is 1. The van der Waals surface area contributed by atoms with Gasteiger partial charge in [-0.2, -0.15) is 0 Å². The number of hydrogen-bond donors (Lipinski definition) is 1. The third kappa shape index (κ3) is 3.40. The maximum absolute atomic E-state index is 10.9. The van der Waals surface area contributed by atoms with E-state index in [1.807, 2.05) is 38.1 Å². The highest BCUT2D eigenvalue weighted by Gasteiger charge is 2.15. The van der Waals surface area contributed by atoms with Gasteiger partial charge in [-0.05, 0) is 12.0 Å². The lowest BCUT2D eigenvalue weighted by Crippen LogP contribution is -2.34. The molecule has 2 aromatic rings. The molecular weight excluding hydrogens is 242 g/mol. The van der Waals surface area contributed by atoms with Gasteiger partial charge in [0.1, 0.15) is 6.54 Å². The van der Waals surface area contributed by atoms with Crippen molar-refractivity contribution < 1.29 is 9.90 Å². The summed E-state index contributed by atoms with van der Waals surface area (Å²) >= 11 is 0. The molecule has 0 radical (unpaired) electrons. The van der Waals surface area contributed by atoms with E-state index in [0.29, 0.717) is 18.4 Å². The fourth-order valence-electron chi connectivity index (χ4n) is 1.94. The Morgan fingerprint density at radius 1 is 1.37 bits per heavy atom. The zero-order chi connectivity index (χ0) is 13.8. The molecule has 0 aliphatic carbocycles. The van der Waals surface area contributed by atoms with Gasteiger partial charge in [0.2, 0.25) is 5.95 Å². The summed E-state index contributed by atoms with van der Waals surface area (Å²) in [4.78, 5) is 21.3. The molecule has 100 valence electrons. The minimum Gasteiger partial charge on any atom is -0.480 e. The quantitative estimate of drug-likeness (QED) is 0.891. The van der Waals surface area contributed by atoms with Crippen molar-refractivity contribution in [2.45, 2.75) is 13.8 Å². The van der Waals surface area contributed by atoms with Crippen molar-refractivity contribution in [3.8, 4) is 0 Å². The number of aromatic nitrogens is 2. The van der Waals surface area contributed by atoms with Crippen LogP contribution in [-0.4, -0.2) is 34.1 Å². The van der Waals surface area contributed by atoms with Crippen molar-refractivity contribution in [3.05, 3.63) is 30.5 Å². The third-order valence-corrected chi connectivity index (χ3v) is 2.67. The van der Waals surface area contributed by atoms with Crippen LogP contribution in [0.5, 0.6) is 0 Å². The van der Waals surface area contributed by atoms with E-state index in [1.165, 1.54) is 0 Å². The molecule has 1 aromatic carbocycles. The Labute approximate surface area is 111 Å². The minimum absolute atomic E-state index is 0.0868. The molecule has 5 nitrogen and oxygen atoms in total. The van der Waals surface area contributed by atoms with E-state index in [0.717, 1.165) is 10.9 Å². The molecule has 2 rings (SSSR count). The summed E-state index contributed by atoms with van der Waals surface area (Å²) in [5.41, 5.74) is 0.826. The molecule has 0 aliphatic rings. The highest BCUT2D eigenvalue weighted by Crippen LogP contribution is 2.15. The van der Waals surface area contributed by atoms with Crippen molar-refractivity contribution in [1.82, 2.24) is 9.97 Å². The van der Waals surface area contributed by atoms with Gasteiger partial charge < -0.3 is 10.0 Å². The zero-order valence-electron chi connectivity index (χ0n) is 11.1. The third-order valence-electron chi connectivity index (χ3n) is 2.67. The number of nitrogens with zero attached hydrogens (tertiary/aromatic N) is 3. The van der Waals surface area contributed by atoms with Gasteiger partial charge in [-0.25, -0.2) is 9.97 Å². The second-order valence-electron chi connectivity index (χ2n) is 4.90. The molecule has 0 amide bonds. The summed E-state index contributed by atoms with van der Waals surface area (Å²) in [7, 11) is 0. The molecule has 1 N–H and O–H groups in total. The van der Waals surface area contributed by atoms with Gasteiger partial charge in [0.15, 0.2) is 0 Å². The Morgan fingerprint density at radius 3 is 2.79 bits per heavy atom. The second-order valence-corrected chi connectivity index (χ2v) is 4.90. The van der Waals surface area contributed by atoms with Crippen LogP contribution in [0.1, 0.15) is 13.8 Å². The lowest BCUT2D eigenvalue weighted by Gasteiger charge is -2.22. The molecule has 0 bridgehead atoms. The molecule has 1 heterocycles. The molecule has 0 aliphatic heterocycles. The first kappa shape index (κ1) is 13.3. The van der Waals surface area contributed by atoms with Crippen LogP contribution in [-0.2, 0) is 4.79 Å². The Kier molecular flexibility index (Phi) is 3.94. The maximum Gasteiger partial charge on any atom is 0.323 e. The van der Waals surface area contributed by atoms with E-state index in [2.05, 4.69) is 9.97 Å². The molecule has 0 saturated carbocycles. The average Bonchev–Trinajstić information content (AvgIpc) is 2.36. The molecular formula is C14H17N3O2. The second kappa shape index (κ2) is 5.65. The van der Waals surface area contributed by atoms with Crippen LogP contribution in [0, 0.1) is 5.92 Å². The van der Waals surface area contributed by atoms with E-state index < -0.39 is 5.97 Å². The smallest absolute Gasteiger partial charge is 0.323 e. The number of hydrogen-bond acceptors (Lipinski definition) is 4. The topological polar surface area (TPSA) is 66.3 Å². The fraction of sp³-hybridized carbons (Fsp3) is 0.357. The van der Waals surface area contributed by atoms with E-state index >= 15 is 0 Å².